The predicted molar refractivity (Wildman–Crippen MR) is 50.9 cm³/mol. The fraction of sp³-hybridized carbons (Fsp3) is 0.286. The minimum absolute atomic E-state index is 0.0570. The summed E-state index contributed by atoms with van der Waals surface area (Å²) in [5, 5.41) is 0. The number of alkyl halides is 3. The van der Waals surface area contributed by atoms with E-state index in [1.165, 1.54) is 6.07 Å². The average molecular weight is 271 g/mol. The molecule has 1 aromatic heterocycles. The molecule has 0 spiro atoms. The normalized spacial score (nSPS) is 10.8. The molecule has 0 fully saturated rings. The number of nitrogens with zero attached hydrogens (tertiary/aromatic N) is 1. The van der Waals surface area contributed by atoms with Gasteiger partial charge >= 0.3 is 0 Å². The number of aromatic nitrogens is 1. The van der Waals surface area contributed by atoms with Crippen LogP contribution in [0.2, 0.25) is 0 Å². The van der Waals surface area contributed by atoms with Crippen LogP contribution >= 0.6 is 27.5 Å². The van der Waals surface area contributed by atoms with Gasteiger partial charge in [-0.25, -0.2) is 13.8 Å². The van der Waals surface area contributed by atoms with Crippen LogP contribution in [0.1, 0.15) is 17.7 Å². The molecule has 13 heavy (non-hydrogen) atoms. The second kappa shape index (κ2) is 4.19. The van der Waals surface area contributed by atoms with Crippen molar-refractivity contribution in [1.29, 1.82) is 0 Å². The minimum Gasteiger partial charge on any atom is -0.397 e. The molecule has 0 aliphatic carbocycles. The number of anilines is 1. The standard InChI is InChI=1S/C7H6BrClF2N2/c8-6-4(12)1-3(7(10)11)5(2-9)13-6/h1,7H,2,12H2. The maximum absolute atomic E-state index is 12.4. The molecule has 0 radical (unpaired) electrons. The average Bonchev–Trinajstić information content (AvgIpc) is 2.08. The van der Waals surface area contributed by atoms with Crippen LogP contribution in [0.3, 0.4) is 0 Å². The fourth-order valence-corrected chi connectivity index (χ4v) is 1.40. The second-order valence-corrected chi connectivity index (χ2v) is 3.36. The van der Waals surface area contributed by atoms with Gasteiger partial charge in [-0.15, -0.1) is 11.6 Å². The van der Waals surface area contributed by atoms with E-state index >= 15 is 0 Å². The Balaban J connectivity index is 3.25. The maximum Gasteiger partial charge on any atom is 0.265 e. The molecule has 1 aromatic rings. The Kier molecular flexibility index (Phi) is 3.44. The third-order valence-corrected chi connectivity index (χ3v) is 2.37. The molecule has 0 aliphatic heterocycles. The molecule has 2 nitrogen and oxygen atoms in total. The summed E-state index contributed by atoms with van der Waals surface area (Å²) in [6.07, 6.45) is -2.60. The molecule has 2 N–H and O–H groups in total. The first-order valence-electron chi connectivity index (χ1n) is 3.35. The van der Waals surface area contributed by atoms with E-state index < -0.39 is 6.43 Å². The molecule has 0 aromatic carbocycles. The van der Waals surface area contributed by atoms with Gasteiger partial charge in [0.05, 0.1) is 17.3 Å². The number of pyridine rings is 1. The van der Waals surface area contributed by atoms with Crippen LogP contribution in [0.5, 0.6) is 0 Å². The molecule has 0 saturated heterocycles. The summed E-state index contributed by atoms with van der Waals surface area (Å²) < 4.78 is 25.1. The largest absolute Gasteiger partial charge is 0.397 e. The van der Waals surface area contributed by atoms with E-state index in [4.69, 9.17) is 17.3 Å². The highest BCUT2D eigenvalue weighted by Gasteiger charge is 2.15. The number of halogens is 4. The Morgan fingerprint density at radius 1 is 1.62 bits per heavy atom. The van der Waals surface area contributed by atoms with E-state index in [1.807, 2.05) is 0 Å². The first kappa shape index (κ1) is 10.7. The molecule has 0 unspecified atom stereocenters. The van der Waals surface area contributed by atoms with Crippen molar-refractivity contribution in [1.82, 2.24) is 4.98 Å². The fourth-order valence-electron chi connectivity index (χ4n) is 0.854. The zero-order valence-electron chi connectivity index (χ0n) is 6.40. The van der Waals surface area contributed by atoms with Crippen molar-refractivity contribution in [3.05, 3.63) is 21.9 Å². The van der Waals surface area contributed by atoms with Gasteiger partial charge in [-0.2, -0.15) is 0 Å². The number of nitrogen functional groups attached to an aromatic ring is 1. The Labute approximate surface area is 87.2 Å². The van der Waals surface area contributed by atoms with Gasteiger partial charge in [-0.1, -0.05) is 0 Å². The summed E-state index contributed by atoms with van der Waals surface area (Å²) in [5.41, 5.74) is 5.52. The summed E-state index contributed by atoms with van der Waals surface area (Å²) in [6, 6.07) is 1.18. The molecule has 0 amide bonds. The van der Waals surface area contributed by atoms with Gasteiger partial charge in [-0.05, 0) is 22.0 Å². The highest BCUT2D eigenvalue weighted by molar-refractivity contribution is 9.10. The van der Waals surface area contributed by atoms with Crippen LogP contribution in [0.4, 0.5) is 14.5 Å². The first-order chi connectivity index (χ1) is 6.06. The van der Waals surface area contributed by atoms with Gasteiger partial charge in [0.2, 0.25) is 0 Å². The first-order valence-corrected chi connectivity index (χ1v) is 4.68. The number of hydrogen-bond acceptors (Lipinski definition) is 2. The summed E-state index contributed by atoms with van der Waals surface area (Å²) in [6.45, 7) is 0. The van der Waals surface area contributed by atoms with E-state index in [2.05, 4.69) is 20.9 Å². The zero-order chi connectivity index (χ0) is 10.0. The van der Waals surface area contributed by atoms with Gasteiger partial charge in [-0.3, -0.25) is 0 Å². The molecule has 72 valence electrons. The van der Waals surface area contributed by atoms with Crippen molar-refractivity contribution in [3.63, 3.8) is 0 Å². The smallest absolute Gasteiger partial charge is 0.265 e. The number of nitrogens with two attached hydrogens (primary N) is 1. The quantitative estimate of drug-likeness (QED) is 0.663. The van der Waals surface area contributed by atoms with Crippen molar-refractivity contribution in [2.24, 2.45) is 0 Å². The summed E-state index contributed by atoms with van der Waals surface area (Å²) in [4.78, 5) is 3.79. The van der Waals surface area contributed by atoms with Crippen LogP contribution in [0.25, 0.3) is 0 Å². The maximum atomic E-state index is 12.4. The van der Waals surface area contributed by atoms with Gasteiger partial charge in [0.15, 0.2) is 0 Å². The Bertz CT molecular complexity index is 320. The molecule has 0 atom stereocenters. The number of rotatable bonds is 2. The van der Waals surface area contributed by atoms with E-state index in [0.717, 1.165) is 0 Å². The van der Waals surface area contributed by atoms with Crippen molar-refractivity contribution in [2.75, 3.05) is 5.73 Å². The molecule has 0 bridgehead atoms. The summed E-state index contributed by atoms with van der Waals surface area (Å²) in [7, 11) is 0. The molecular formula is C7H6BrClF2N2. The molecule has 0 aliphatic rings. The van der Waals surface area contributed by atoms with Crippen molar-refractivity contribution in [3.8, 4) is 0 Å². The zero-order valence-corrected chi connectivity index (χ0v) is 8.74. The summed E-state index contributed by atoms with van der Waals surface area (Å²) >= 11 is 8.47. The van der Waals surface area contributed by atoms with Crippen molar-refractivity contribution >= 4 is 33.2 Å². The molecule has 0 saturated carbocycles. The third kappa shape index (κ3) is 2.28. The van der Waals surface area contributed by atoms with Crippen LogP contribution in [0, 0.1) is 0 Å². The van der Waals surface area contributed by atoms with E-state index in [9.17, 15) is 8.78 Å². The van der Waals surface area contributed by atoms with E-state index in [-0.39, 0.29) is 22.8 Å². The topological polar surface area (TPSA) is 38.9 Å². The second-order valence-electron chi connectivity index (χ2n) is 2.34. The third-order valence-electron chi connectivity index (χ3n) is 1.48. The van der Waals surface area contributed by atoms with Gasteiger partial charge < -0.3 is 5.73 Å². The van der Waals surface area contributed by atoms with Crippen LogP contribution in [-0.4, -0.2) is 4.98 Å². The monoisotopic (exact) mass is 270 g/mol. The van der Waals surface area contributed by atoms with Crippen molar-refractivity contribution in [2.45, 2.75) is 12.3 Å². The van der Waals surface area contributed by atoms with Crippen LogP contribution in [0.15, 0.2) is 10.7 Å². The Morgan fingerprint density at radius 2 is 2.23 bits per heavy atom. The van der Waals surface area contributed by atoms with Crippen LogP contribution in [-0.2, 0) is 5.88 Å². The van der Waals surface area contributed by atoms with E-state index in [1.54, 1.807) is 0 Å². The lowest BCUT2D eigenvalue weighted by Crippen LogP contribution is -2.00. The van der Waals surface area contributed by atoms with Crippen molar-refractivity contribution < 1.29 is 8.78 Å². The summed E-state index contributed by atoms with van der Waals surface area (Å²) in [5.74, 6) is -0.0570. The Morgan fingerprint density at radius 3 is 2.69 bits per heavy atom. The predicted octanol–water partition coefficient (Wildman–Crippen LogP) is 3.10. The molecular weight excluding hydrogens is 265 g/mol. The lowest BCUT2D eigenvalue weighted by Gasteiger charge is -2.07. The molecule has 1 heterocycles. The van der Waals surface area contributed by atoms with Gasteiger partial charge in [0, 0.05) is 5.56 Å². The van der Waals surface area contributed by atoms with Gasteiger partial charge in [0.1, 0.15) is 4.60 Å². The van der Waals surface area contributed by atoms with Crippen LogP contribution < -0.4 is 5.73 Å². The lowest BCUT2D eigenvalue weighted by molar-refractivity contribution is 0.150. The SMILES string of the molecule is Nc1cc(C(F)F)c(CCl)nc1Br. The van der Waals surface area contributed by atoms with Gasteiger partial charge in [0.25, 0.3) is 6.43 Å². The minimum atomic E-state index is -2.60. The highest BCUT2D eigenvalue weighted by Crippen LogP contribution is 2.28. The Hall–Kier alpha value is -0.420. The highest BCUT2D eigenvalue weighted by atomic mass is 79.9. The molecule has 6 heteroatoms. The lowest BCUT2D eigenvalue weighted by atomic mass is 10.2. The van der Waals surface area contributed by atoms with E-state index in [0.29, 0.717) is 4.60 Å². The molecule has 1 rings (SSSR count). The number of hydrogen-bond donors (Lipinski definition) is 1.